The van der Waals surface area contributed by atoms with Crippen molar-refractivity contribution in [2.45, 2.75) is 31.7 Å². The minimum Gasteiger partial charge on any atom is -0.385 e. The number of hydrogen-bond acceptors (Lipinski definition) is 3. The molecule has 0 saturated heterocycles. The van der Waals surface area contributed by atoms with Gasteiger partial charge in [-0.15, -0.1) is 0 Å². The van der Waals surface area contributed by atoms with Gasteiger partial charge in [0.25, 0.3) is 5.91 Å². The van der Waals surface area contributed by atoms with Gasteiger partial charge in [-0.2, -0.15) is 26.3 Å². The minimum absolute atomic E-state index is 0.0172. The van der Waals surface area contributed by atoms with Crippen LogP contribution >= 0.6 is 0 Å². The van der Waals surface area contributed by atoms with Gasteiger partial charge in [-0.1, -0.05) is 30.3 Å². The standard InChI is InChI=1S/C32H30F7N3O3/c1-45-14-4-12-42(30(44)23-15-24(31(34,35)36)17-25(16-23)32(37,38)39)20-29(43)41(19-21-7-9-26(33)10-8-21)13-11-22-18-40-28-6-3-2-5-27(22)28/h2-3,5-10,15-18,40H,4,11-14,19-20H2,1H3. The third kappa shape index (κ3) is 8.84. The van der Waals surface area contributed by atoms with Gasteiger partial charge in [-0.05, 0) is 60.4 Å². The van der Waals surface area contributed by atoms with Crippen molar-refractivity contribution in [3.8, 4) is 0 Å². The van der Waals surface area contributed by atoms with Gasteiger partial charge >= 0.3 is 12.4 Å². The van der Waals surface area contributed by atoms with Gasteiger partial charge in [0.05, 0.1) is 11.1 Å². The van der Waals surface area contributed by atoms with Crippen molar-refractivity contribution in [1.82, 2.24) is 14.8 Å². The molecule has 45 heavy (non-hydrogen) atoms. The summed E-state index contributed by atoms with van der Waals surface area (Å²) in [4.78, 5) is 32.7. The van der Waals surface area contributed by atoms with E-state index in [1.807, 2.05) is 24.3 Å². The molecule has 3 aromatic carbocycles. The Labute approximate surface area is 254 Å². The highest BCUT2D eigenvalue weighted by molar-refractivity contribution is 5.97. The van der Waals surface area contributed by atoms with Gasteiger partial charge in [0, 0.05) is 56.0 Å². The average molecular weight is 638 g/mol. The number of carbonyl (C=O) groups excluding carboxylic acids is 2. The number of aromatic nitrogens is 1. The van der Waals surface area contributed by atoms with Crippen LogP contribution in [-0.2, 0) is 34.8 Å². The fourth-order valence-electron chi connectivity index (χ4n) is 4.87. The quantitative estimate of drug-likeness (QED) is 0.133. The predicted molar refractivity (Wildman–Crippen MR) is 153 cm³/mol. The maximum atomic E-state index is 13.7. The fraction of sp³-hybridized carbons (Fsp3) is 0.312. The van der Waals surface area contributed by atoms with Crippen LogP contribution in [0.2, 0.25) is 0 Å². The first-order valence-electron chi connectivity index (χ1n) is 13.9. The fourth-order valence-corrected chi connectivity index (χ4v) is 4.87. The second kappa shape index (κ2) is 14.1. The Bertz CT molecular complexity index is 1580. The summed E-state index contributed by atoms with van der Waals surface area (Å²) in [6.45, 7) is -0.518. The lowest BCUT2D eigenvalue weighted by atomic mass is 10.0. The number of aromatic amines is 1. The molecule has 1 N–H and O–H groups in total. The van der Waals surface area contributed by atoms with Gasteiger partial charge in [-0.25, -0.2) is 4.39 Å². The topological polar surface area (TPSA) is 65.6 Å². The molecule has 0 bridgehead atoms. The molecule has 0 fully saturated rings. The maximum absolute atomic E-state index is 13.7. The summed E-state index contributed by atoms with van der Waals surface area (Å²) >= 11 is 0. The highest BCUT2D eigenvalue weighted by Crippen LogP contribution is 2.36. The molecule has 4 rings (SSSR count). The number of nitrogens with one attached hydrogen (secondary N) is 1. The minimum atomic E-state index is -5.15. The van der Waals surface area contributed by atoms with Crippen LogP contribution < -0.4 is 0 Å². The normalized spacial score (nSPS) is 12.0. The first-order chi connectivity index (χ1) is 21.3. The SMILES string of the molecule is COCCCN(CC(=O)N(CCc1c[nH]c2ccccc12)Cc1ccc(F)cc1)C(=O)c1cc(C(F)(F)F)cc(C(F)(F)F)c1. The van der Waals surface area contributed by atoms with E-state index in [0.717, 1.165) is 21.4 Å². The first kappa shape index (κ1) is 33.5. The summed E-state index contributed by atoms with van der Waals surface area (Å²) in [5.74, 6) is -2.26. The molecule has 0 unspecified atom stereocenters. The number of para-hydroxylation sites is 1. The Morgan fingerprint density at radius 1 is 0.844 bits per heavy atom. The van der Waals surface area contributed by atoms with Gasteiger partial charge in [0.1, 0.15) is 12.4 Å². The molecule has 6 nitrogen and oxygen atoms in total. The summed E-state index contributed by atoms with van der Waals surface area (Å²) in [5.41, 5.74) is -1.77. The molecule has 0 saturated carbocycles. The number of nitrogens with zero attached hydrogens (tertiary/aromatic N) is 2. The molecule has 4 aromatic rings. The molecule has 0 radical (unpaired) electrons. The van der Waals surface area contributed by atoms with Crippen LogP contribution in [0.4, 0.5) is 30.7 Å². The van der Waals surface area contributed by atoms with E-state index < -0.39 is 53.2 Å². The number of methoxy groups -OCH3 is 1. The van der Waals surface area contributed by atoms with Crippen LogP contribution in [0.3, 0.4) is 0 Å². The third-order valence-corrected chi connectivity index (χ3v) is 7.19. The number of carbonyl (C=O) groups is 2. The van der Waals surface area contributed by atoms with Gasteiger partial charge in [-0.3, -0.25) is 9.59 Å². The van der Waals surface area contributed by atoms with E-state index in [1.54, 1.807) is 6.20 Å². The molecule has 0 spiro atoms. The highest BCUT2D eigenvalue weighted by atomic mass is 19.4. The maximum Gasteiger partial charge on any atom is 0.416 e. The lowest BCUT2D eigenvalue weighted by Crippen LogP contribution is -2.44. The second-order valence-electron chi connectivity index (χ2n) is 10.4. The Kier molecular flexibility index (Phi) is 10.5. The zero-order chi connectivity index (χ0) is 32.8. The van der Waals surface area contributed by atoms with Crippen molar-refractivity contribution < 1.29 is 45.1 Å². The Hall–Kier alpha value is -4.39. The summed E-state index contributed by atoms with van der Waals surface area (Å²) < 4.78 is 99.6. The van der Waals surface area contributed by atoms with Crippen LogP contribution in [0.15, 0.2) is 72.9 Å². The van der Waals surface area contributed by atoms with Crippen molar-refractivity contribution >= 4 is 22.7 Å². The molecule has 0 aliphatic carbocycles. The number of benzene rings is 3. The van der Waals surface area contributed by atoms with Gasteiger partial charge in [0.15, 0.2) is 0 Å². The van der Waals surface area contributed by atoms with Crippen molar-refractivity contribution in [2.24, 2.45) is 0 Å². The van der Waals surface area contributed by atoms with Crippen LogP contribution in [0.1, 0.15) is 39.0 Å². The smallest absolute Gasteiger partial charge is 0.385 e. The lowest BCUT2D eigenvalue weighted by molar-refractivity contribution is -0.143. The summed E-state index contributed by atoms with van der Waals surface area (Å²) in [5, 5.41) is 0.938. The van der Waals surface area contributed by atoms with Crippen LogP contribution in [-0.4, -0.2) is 59.9 Å². The number of ether oxygens (including phenoxy) is 1. The number of alkyl halides is 6. The summed E-state index contributed by atoms with van der Waals surface area (Å²) in [7, 11) is 1.38. The van der Waals surface area contributed by atoms with Crippen LogP contribution in [0.5, 0.6) is 0 Å². The number of hydrogen-bond donors (Lipinski definition) is 1. The third-order valence-electron chi connectivity index (χ3n) is 7.19. The summed E-state index contributed by atoms with van der Waals surface area (Å²) in [6.07, 6.45) is -7.95. The van der Waals surface area contributed by atoms with Crippen LogP contribution in [0.25, 0.3) is 10.9 Å². The molecular formula is C32H30F7N3O3. The predicted octanol–water partition coefficient (Wildman–Crippen LogP) is 7.09. The van der Waals surface area contributed by atoms with E-state index in [-0.39, 0.29) is 38.7 Å². The summed E-state index contributed by atoms with van der Waals surface area (Å²) in [6, 6.07) is 13.6. The molecule has 1 aromatic heterocycles. The first-order valence-corrected chi connectivity index (χ1v) is 13.9. The lowest BCUT2D eigenvalue weighted by Gasteiger charge is -2.28. The Morgan fingerprint density at radius 2 is 1.49 bits per heavy atom. The average Bonchev–Trinajstić information content (AvgIpc) is 3.41. The van der Waals surface area contributed by atoms with Gasteiger partial charge < -0.3 is 19.5 Å². The van der Waals surface area contributed by atoms with E-state index in [9.17, 15) is 40.3 Å². The Morgan fingerprint density at radius 3 is 2.11 bits per heavy atom. The van der Waals surface area contributed by atoms with Gasteiger partial charge in [0.2, 0.25) is 5.91 Å². The zero-order valence-corrected chi connectivity index (χ0v) is 24.1. The molecule has 240 valence electrons. The van der Waals surface area contributed by atoms with E-state index in [4.69, 9.17) is 4.74 Å². The largest absolute Gasteiger partial charge is 0.416 e. The number of H-pyrrole nitrogens is 1. The number of amides is 2. The number of rotatable bonds is 12. The Balaban J connectivity index is 1.63. The van der Waals surface area contributed by atoms with Crippen LogP contribution in [0, 0.1) is 5.82 Å². The molecule has 13 heteroatoms. The van der Waals surface area contributed by atoms with Crippen molar-refractivity contribution in [3.63, 3.8) is 0 Å². The van der Waals surface area contributed by atoms with Crippen molar-refractivity contribution in [1.29, 1.82) is 0 Å². The zero-order valence-electron chi connectivity index (χ0n) is 24.1. The van der Waals surface area contributed by atoms with Crippen molar-refractivity contribution in [3.05, 3.63) is 107 Å². The number of halogens is 7. The second-order valence-corrected chi connectivity index (χ2v) is 10.4. The molecule has 1 heterocycles. The van der Waals surface area contributed by atoms with E-state index in [0.29, 0.717) is 24.1 Å². The van der Waals surface area contributed by atoms with Crippen molar-refractivity contribution in [2.75, 3.05) is 33.4 Å². The molecule has 0 aliphatic heterocycles. The monoisotopic (exact) mass is 637 g/mol. The molecule has 0 aliphatic rings. The molecule has 0 atom stereocenters. The van der Waals surface area contributed by atoms with E-state index in [2.05, 4.69) is 4.98 Å². The highest BCUT2D eigenvalue weighted by Gasteiger charge is 2.38. The number of fused-ring (bicyclic) bond motifs is 1. The molecule has 2 amide bonds. The van der Waals surface area contributed by atoms with E-state index in [1.165, 1.54) is 36.3 Å². The molecular weight excluding hydrogens is 607 g/mol. The van der Waals surface area contributed by atoms with E-state index >= 15 is 0 Å².